The molecule has 1 aromatic heterocycles. The van der Waals surface area contributed by atoms with Crippen molar-refractivity contribution >= 4 is 29.3 Å². The van der Waals surface area contributed by atoms with Gasteiger partial charge in [-0.15, -0.1) is 11.8 Å². The molecule has 0 saturated carbocycles. The average Bonchev–Trinajstić information content (AvgIpc) is 3.22. The number of nitro groups is 1. The van der Waals surface area contributed by atoms with E-state index in [0.29, 0.717) is 56.5 Å². The van der Waals surface area contributed by atoms with Gasteiger partial charge >= 0.3 is 5.82 Å². The van der Waals surface area contributed by atoms with Crippen LogP contribution in [0.2, 0.25) is 0 Å². The lowest BCUT2D eigenvalue weighted by Crippen LogP contribution is -2.50. The van der Waals surface area contributed by atoms with Crippen molar-refractivity contribution in [2.75, 3.05) is 36.8 Å². The van der Waals surface area contributed by atoms with Gasteiger partial charge in [0.1, 0.15) is 0 Å². The highest BCUT2D eigenvalue weighted by Gasteiger charge is 2.33. The normalized spacial score (nSPS) is 13.8. The average molecular weight is 466 g/mol. The summed E-state index contributed by atoms with van der Waals surface area (Å²) in [5.41, 5.74) is 1.06. The van der Waals surface area contributed by atoms with Crippen molar-refractivity contribution in [1.29, 1.82) is 0 Å². The highest BCUT2D eigenvalue weighted by atomic mass is 32.2. The summed E-state index contributed by atoms with van der Waals surface area (Å²) in [7, 11) is 0. The number of hydrogen-bond donors (Lipinski definition) is 0. The number of carbonyl (C=O) groups excluding carboxylic acids is 1. The summed E-state index contributed by atoms with van der Waals surface area (Å²) in [6.45, 7) is 4.61. The second-order valence-electron chi connectivity index (χ2n) is 7.83. The predicted octanol–water partition coefficient (Wildman–Crippen LogP) is 3.84. The number of amides is 1. The fourth-order valence-electron chi connectivity index (χ4n) is 4.03. The van der Waals surface area contributed by atoms with Gasteiger partial charge in [-0.3, -0.25) is 9.36 Å². The van der Waals surface area contributed by atoms with E-state index >= 15 is 0 Å². The van der Waals surface area contributed by atoms with Gasteiger partial charge in [0, 0.05) is 37.5 Å². The van der Waals surface area contributed by atoms with Crippen molar-refractivity contribution < 1.29 is 9.72 Å². The molecule has 0 bridgehead atoms. The van der Waals surface area contributed by atoms with Crippen molar-refractivity contribution in [3.8, 4) is 0 Å². The number of piperazine rings is 1. The second kappa shape index (κ2) is 10.5. The van der Waals surface area contributed by atoms with Crippen LogP contribution >= 0.6 is 11.8 Å². The van der Waals surface area contributed by atoms with E-state index in [1.807, 2.05) is 82.0 Å². The van der Waals surface area contributed by atoms with E-state index in [0.717, 1.165) is 10.5 Å². The van der Waals surface area contributed by atoms with E-state index in [9.17, 15) is 14.9 Å². The molecular weight excluding hydrogens is 438 g/mol. The molecule has 1 aliphatic heterocycles. The van der Waals surface area contributed by atoms with Crippen LogP contribution in [0, 0.1) is 10.1 Å². The maximum absolute atomic E-state index is 12.7. The number of rotatable bonds is 8. The van der Waals surface area contributed by atoms with Gasteiger partial charge in [0.25, 0.3) is 0 Å². The molecule has 0 spiro atoms. The zero-order valence-corrected chi connectivity index (χ0v) is 19.4. The van der Waals surface area contributed by atoms with Crippen molar-refractivity contribution in [1.82, 2.24) is 14.5 Å². The SMILES string of the molecule is CCc1nc([N+](=O)[O-])c(N2CCN(C(=O)CSc3ccccc3)CC2)n1Cc1ccccc1. The number of aryl methyl sites for hydroxylation is 1. The number of anilines is 1. The molecule has 2 aromatic carbocycles. The number of benzene rings is 2. The van der Waals surface area contributed by atoms with Crippen LogP contribution in [0.1, 0.15) is 18.3 Å². The minimum Gasteiger partial charge on any atom is -0.358 e. The number of aromatic nitrogens is 2. The van der Waals surface area contributed by atoms with Crippen LogP contribution in [0.25, 0.3) is 0 Å². The fraction of sp³-hybridized carbons (Fsp3) is 0.333. The molecule has 0 radical (unpaired) electrons. The summed E-state index contributed by atoms with van der Waals surface area (Å²) in [6.07, 6.45) is 0.600. The Hall–Kier alpha value is -3.33. The van der Waals surface area contributed by atoms with E-state index < -0.39 is 4.92 Å². The molecule has 33 heavy (non-hydrogen) atoms. The van der Waals surface area contributed by atoms with Gasteiger partial charge in [-0.2, -0.15) is 0 Å². The Kier molecular flexibility index (Phi) is 7.29. The Bertz CT molecular complexity index is 1100. The lowest BCUT2D eigenvalue weighted by molar-refractivity contribution is -0.388. The summed E-state index contributed by atoms with van der Waals surface area (Å²) in [5.74, 6) is 1.59. The number of thioether (sulfide) groups is 1. The van der Waals surface area contributed by atoms with Crippen molar-refractivity contribution in [2.24, 2.45) is 0 Å². The van der Waals surface area contributed by atoms with Gasteiger partial charge in [0.05, 0.1) is 12.3 Å². The minimum absolute atomic E-state index is 0.0880. The number of carbonyl (C=O) groups is 1. The van der Waals surface area contributed by atoms with Gasteiger partial charge in [0.2, 0.25) is 17.5 Å². The molecule has 3 aromatic rings. The zero-order chi connectivity index (χ0) is 23.2. The molecule has 172 valence electrons. The van der Waals surface area contributed by atoms with Crippen molar-refractivity contribution in [3.63, 3.8) is 0 Å². The summed E-state index contributed by atoms with van der Waals surface area (Å²) in [4.78, 5) is 33.4. The zero-order valence-electron chi connectivity index (χ0n) is 18.6. The Morgan fingerprint density at radius 3 is 2.27 bits per heavy atom. The van der Waals surface area contributed by atoms with Crippen LogP contribution in [-0.2, 0) is 17.8 Å². The topological polar surface area (TPSA) is 84.5 Å². The molecular formula is C24H27N5O3S. The molecule has 1 aliphatic rings. The minimum atomic E-state index is -0.399. The lowest BCUT2D eigenvalue weighted by Gasteiger charge is -2.35. The van der Waals surface area contributed by atoms with Crippen molar-refractivity contribution in [3.05, 3.63) is 82.2 Å². The highest BCUT2D eigenvalue weighted by Crippen LogP contribution is 2.31. The van der Waals surface area contributed by atoms with Crippen LogP contribution in [0.4, 0.5) is 11.6 Å². The van der Waals surface area contributed by atoms with E-state index in [2.05, 4.69) is 4.98 Å². The number of hydrogen-bond acceptors (Lipinski definition) is 6. The number of nitrogens with zero attached hydrogens (tertiary/aromatic N) is 5. The van der Waals surface area contributed by atoms with E-state index in [4.69, 9.17) is 0 Å². The maximum atomic E-state index is 12.7. The monoisotopic (exact) mass is 465 g/mol. The quantitative estimate of drug-likeness (QED) is 0.285. The highest BCUT2D eigenvalue weighted by molar-refractivity contribution is 8.00. The molecule has 0 unspecified atom stereocenters. The molecule has 1 fully saturated rings. The molecule has 1 amide bonds. The molecule has 1 saturated heterocycles. The Balaban J connectivity index is 1.48. The summed E-state index contributed by atoms with van der Waals surface area (Å²) in [5, 5.41) is 11.8. The number of imidazole rings is 1. The third-order valence-corrected chi connectivity index (χ3v) is 6.71. The van der Waals surface area contributed by atoms with Gasteiger partial charge in [-0.1, -0.05) is 55.5 Å². The Labute approximate surface area is 197 Å². The smallest absolute Gasteiger partial charge is 0.358 e. The molecule has 0 atom stereocenters. The van der Waals surface area contributed by atoms with Crippen LogP contribution in [0.15, 0.2) is 65.6 Å². The second-order valence-corrected chi connectivity index (χ2v) is 8.88. The molecule has 0 aliphatic carbocycles. The first-order valence-electron chi connectivity index (χ1n) is 11.0. The van der Waals surface area contributed by atoms with Gasteiger partial charge in [-0.05, 0) is 27.6 Å². The summed E-state index contributed by atoms with van der Waals surface area (Å²) < 4.78 is 1.95. The lowest BCUT2D eigenvalue weighted by atomic mass is 10.2. The first-order chi connectivity index (χ1) is 16.1. The molecule has 2 heterocycles. The first kappa shape index (κ1) is 22.8. The van der Waals surface area contributed by atoms with E-state index in [1.54, 1.807) is 0 Å². The van der Waals surface area contributed by atoms with Crippen LogP contribution in [-0.4, -0.2) is 57.2 Å². The van der Waals surface area contributed by atoms with Crippen LogP contribution in [0.5, 0.6) is 0 Å². The molecule has 4 rings (SSSR count). The van der Waals surface area contributed by atoms with Crippen LogP contribution < -0.4 is 4.90 Å². The fourth-order valence-corrected chi connectivity index (χ4v) is 4.86. The van der Waals surface area contributed by atoms with Gasteiger partial charge in [0.15, 0.2) is 0 Å². The van der Waals surface area contributed by atoms with Gasteiger partial charge in [-0.25, -0.2) is 0 Å². The predicted molar refractivity (Wildman–Crippen MR) is 130 cm³/mol. The first-order valence-corrected chi connectivity index (χ1v) is 12.0. The third-order valence-electron chi connectivity index (χ3n) is 5.71. The molecule has 8 nitrogen and oxygen atoms in total. The molecule has 9 heteroatoms. The maximum Gasteiger partial charge on any atom is 0.406 e. The van der Waals surface area contributed by atoms with Crippen LogP contribution in [0.3, 0.4) is 0 Å². The van der Waals surface area contributed by atoms with Gasteiger partial charge < -0.3 is 19.9 Å². The molecule has 0 N–H and O–H groups in total. The Morgan fingerprint density at radius 1 is 1.03 bits per heavy atom. The summed E-state index contributed by atoms with van der Waals surface area (Å²) >= 11 is 1.53. The third kappa shape index (κ3) is 5.36. The largest absolute Gasteiger partial charge is 0.406 e. The van der Waals surface area contributed by atoms with E-state index in [-0.39, 0.29) is 11.7 Å². The van der Waals surface area contributed by atoms with Crippen molar-refractivity contribution in [2.45, 2.75) is 24.8 Å². The summed E-state index contributed by atoms with van der Waals surface area (Å²) in [6, 6.07) is 19.8. The Morgan fingerprint density at radius 2 is 1.67 bits per heavy atom. The van der Waals surface area contributed by atoms with E-state index in [1.165, 1.54) is 11.8 Å². The standard InChI is InChI=1S/C24H27N5O3S/c1-2-21-25-23(29(31)32)24(28(21)17-19-9-5-3-6-10-19)27-15-13-26(14-16-27)22(30)18-33-20-11-7-4-8-12-20/h3-12H,2,13-18H2,1H3.